The SMILES string of the molecule is CCC1OCCC1C(Br)c1cc(Cl)cc2c1OCC2. The molecule has 2 heterocycles. The van der Waals surface area contributed by atoms with Crippen LogP contribution in [0.1, 0.15) is 35.7 Å². The van der Waals surface area contributed by atoms with E-state index in [1.807, 2.05) is 12.1 Å². The van der Waals surface area contributed by atoms with Gasteiger partial charge in [0.25, 0.3) is 0 Å². The molecule has 0 spiro atoms. The number of rotatable bonds is 3. The number of fused-ring (bicyclic) bond motifs is 1. The Hall–Kier alpha value is -0.250. The van der Waals surface area contributed by atoms with Crippen LogP contribution in [0.3, 0.4) is 0 Å². The second-order valence-electron chi connectivity index (χ2n) is 5.25. The first kappa shape index (κ1) is 13.7. The van der Waals surface area contributed by atoms with E-state index < -0.39 is 0 Å². The summed E-state index contributed by atoms with van der Waals surface area (Å²) in [5.74, 6) is 1.53. The van der Waals surface area contributed by atoms with Crippen LogP contribution in [-0.4, -0.2) is 19.3 Å². The smallest absolute Gasteiger partial charge is 0.127 e. The van der Waals surface area contributed by atoms with Crippen molar-refractivity contribution in [3.63, 3.8) is 0 Å². The van der Waals surface area contributed by atoms with Gasteiger partial charge < -0.3 is 9.47 Å². The summed E-state index contributed by atoms with van der Waals surface area (Å²) in [5, 5.41) is 0.802. The van der Waals surface area contributed by atoms with Gasteiger partial charge in [0.1, 0.15) is 5.75 Å². The molecule has 1 fully saturated rings. The highest BCUT2D eigenvalue weighted by Crippen LogP contribution is 2.46. The number of ether oxygens (including phenoxy) is 2. The van der Waals surface area contributed by atoms with Gasteiger partial charge in [-0.15, -0.1) is 0 Å². The molecule has 1 aromatic rings. The molecule has 4 heteroatoms. The maximum Gasteiger partial charge on any atom is 0.127 e. The molecule has 2 aliphatic rings. The fourth-order valence-corrected chi connectivity index (χ4v) is 4.35. The van der Waals surface area contributed by atoms with Crippen molar-refractivity contribution in [1.29, 1.82) is 0 Å². The third kappa shape index (κ3) is 2.53. The number of benzene rings is 1. The molecule has 0 aliphatic carbocycles. The van der Waals surface area contributed by atoms with E-state index in [4.69, 9.17) is 21.1 Å². The van der Waals surface area contributed by atoms with Crippen molar-refractivity contribution in [3.8, 4) is 5.75 Å². The van der Waals surface area contributed by atoms with Gasteiger partial charge >= 0.3 is 0 Å². The van der Waals surface area contributed by atoms with Crippen LogP contribution in [0.2, 0.25) is 5.02 Å². The highest BCUT2D eigenvalue weighted by Gasteiger charge is 2.35. The topological polar surface area (TPSA) is 18.5 Å². The summed E-state index contributed by atoms with van der Waals surface area (Å²) in [4.78, 5) is 0.255. The minimum absolute atomic E-state index is 0.255. The van der Waals surface area contributed by atoms with E-state index in [-0.39, 0.29) is 4.83 Å². The number of hydrogen-bond acceptors (Lipinski definition) is 2. The summed E-state index contributed by atoms with van der Waals surface area (Å²) < 4.78 is 11.6. The molecule has 3 unspecified atom stereocenters. The Morgan fingerprint density at radius 1 is 1.42 bits per heavy atom. The average Bonchev–Trinajstić information content (AvgIpc) is 3.04. The lowest BCUT2D eigenvalue weighted by molar-refractivity contribution is 0.0871. The van der Waals surface area contributed by atoms with Crippen LogP contribution in [-0.2, 0) is 11.2 Å². The Balaban J connectivity index is 1.93. The Morgan fingerprint density at radius 3 is 3.05 bits per heavy atom. The zero-order valence-electron chi connectivity index (χ0n) is 11.0. The second-order valence-corrected chi connectivity index (χ2v) is 6.68. The van der Waals surface area contributed by atoms with E-state index in [1.54, 1.807) is 0 Å². The summed E-state index contributed by atoms with van der Waals surface area (Å²) >= 11 is 10.1. The molecule has 1 aromatic carbocycles. The minimum Gasteiger partial charge on any atom is -0.493 e. The van der Waals surface area contributed by atoms with E-state index in [0.717, 1.165) is 43.2 Å². The van der Waals surface area contributed by atoms with Crippen molar-refractivity contribution in [3.05, 3.63) is 28.3 Å². The monoisotopic (exact) mass is 344 g/mol. The van der Waals surface area contributed by atoms with E-state index in [0.29, 0.717) is 12.0 Å². The Morgan fingerprint density at radius 2 is 2.26 bits per heavy atom. The Bertz CT molecular complexity index is 477. The first-order chi connectivity index (χ1) is 9.20. The summed E-state index contributed by atoms with van der Waals surface area (Å²) in [6.07, 6.45) is 3.44. The molecule has 0 aromatic heterocycles. The first-order valence-corrected chi connectivity index (χ1v) is 8.21. The molecule has 0 N–H and O–H groups in total. The second kappa shape index (κ2) is 5.63. The predicted molar refractivity (Wildman–Crippen MR) is 80.5 cm³/mol. The van der Waals surface area contributed by atoms with Crippen LogP contribution in [0.4, 0.5) is 0 Å². The molecule has 3 atom stereocenters. The van der Waals surface area contributed by atoms with Gasteiger partial charge in [0.15, 0.2) is 0 Å². The van der Waals surface area contributed by atoms with Crippen molar-refractivity contribution >= 4 is 27.5 Å². The summed E-state index contributed by atoms with van der Waals surface area (Å²) in [5.41, 5.74) is 2.42. The van der Waals surface area contributed by atoms with E-state index in [2.05, 4.69) is 22.9 Å². The van der Waals surface area contributed by atoms with Gasteiger partial charge in [0.2, 0.25) is 0 Å². The molecule has 1 saturated heterocycles. The van der Waals surface area contributed by atoms with Crippen LogP contribution in [0, 0.1) is 5.92 Å². The largest absolute Gasteiger partial charge is 0.493 e. The highest BCUT2D eigenvalue weighted by atomic mass is 79.9. The number of hydrogen-bond donors (Lipinski definition) is 0. The molecule has 0 saturated carbocycles. The fourth-order valence-electron chi connectivity index (χ4n) is 3.15. The number of alkyl halides is 1. The van der Waals surface area contributed by atoms with Crippen LogP contribution in [0.15, 0.2) is 12.1 Å². The highest BCUT2D eigenvalue weighted by molar-refractivity contribution is 9.09. The zero-order valence-corrected chi connectivity index (χ0v) is 13.3. The normalized spacial score (nSPS) is 27.1. The summed E-state index contributed by atoms with van der Waals surface area (Å²) in [6.45, 7) is 3.80. The molecule has 19 heavy (non-hydrogen) atoms. The van der Waals surface area contributed by atoms with Gasteiger partial charge in [-0.1, -0.05) is 34.5 Å². The van der Waals surface area contributed by atoms with E-state index >= 15 is 0 Å². The number of halogens is 2. The molecular formula is C15H18BrClO2. The molecule has 3 rings (SSSR count). The minimum atomic E-state index is 0.255. The van der Waals surface area contributed by atoms with Gasteiger partial charge in [-0.05, 0) is 30.5 Å². The van der Waals surface area contributed by atoms with Crippen molar-refractivity contribution in [2.75, 3.05) is 13.2 Å². The van der Waals surface area contributed by atoms with Gasteiger partial charge in [-0.25, -0.2) is 0 Å². The van der Waals surface area contributed by atoms with Gasteiger partial charge in [-0.2, -0.15) is 0 Å². The molecule has 0 amide bonds. The summed E-state index contributed by atoms with van der Waals surface area (Å²) in [7, 11) is 0. The maximum atomic E-state index is 6.24. The maximum absolute atomic E-state index is 6.24. The quantitative estimate of drug-likeness (QED) is 0.750. The first-order valence-electron chi connectivity index (χ1n) is 6.91. The van der Waals surface area contributed by atoms with Crippen molar-refractivity contribution in [2.45, 2.75) is 37.1 Å². The van der Waals surface area contributed by atoms with Crippen molar-refractivity contribution < 1.29 is 9.47 Å². The van der Waals surface area contributed by atoms with Crippen LogP contribution in [0.5, 0.6) is 5.75 Å². The molecule has 104 valence electrons. The van der Waals surface area contributed by atoms with Crippen LogP contribution in [0.25, 0.3) is 0 Å². The molecule has 2 aliphatic heterocycles. The fraction of sp³-hybridized carbons (Fsp3) is 0.600. The third-order valence-corrected chi connectivity index (χ3v) is 5.50. The van der Waals surface area contributed by atoms with E-state index in [1.165, 1.54) is 11.1 Å². The molecule has 0 radical (unpaired) electrons. The van der Waals surface area contributed by atoms with E-state index in [9.17, 15) is 0 Å². The Labute approximate surface area is 127 Å². The average molecular weight is 346 g/mol. The van der Waals surface area contributed by atoms with Gasteiger partial charge in [0.05, 0.1) is 12.7 Å². The van der Waals surface area contributed by atoms with Crippen molar-refractivity contribution in [1.82, 2.24) is 0 Å². The third-order valence-electron chi connectivity index (χ3n) is 4.11. The van der Waals surface area contributed by atoms with Crippen LogP contribution < -0.4 is 4.74 Å². The summed E-state index contributed by atoms with van der Waals surface area (Å²) in [6, 6.07) is 4.06. The standard InChI is InChI=1S/C15H18BrClO2/c1-2-13-11(4-6-18-13)14(16)12-8-10(17)7-9-3-5-19-15(9)12/h7-8,11,13-14H,2-6H2,1H3. The molecule has 2 nitrogen and oxygen atoms in total. The zero-order chi connectivity index (χ0) is 13.4. The molecule has 0 bridgehead atoms. The Kier molecular flexibility index (Phi) is 4.06. The van der Waals surface area contributed by atoms with Gasteiger partial charge in [0, 0.05) is 34.4 Å². The lowest BCUT2D eigenvalue weighted by Crippen LogP contribution is -2.19. The van der Waals surface area contributed by atoms with Gasteiger partial charge in [-0.3, -0.25) is 0 Å². The lowest BCUT2D eigenvalue weighted by Gasteiger charge is -2.24. The molecular weight excluding hydrogens is 328 g/mol. The lowest BCUT2D eigenvalue weighted by atomic mass is 9.90. The van der Waals surface area contributed by atoms with Crippen molar-refractivity contribution in [2.24, 2.45) is 5.92 Å². The van der Waals surface area contributed by atoms with Crippen LogP contribution >= 0.6 is 27.5 Å². The predicted octanol–water partition coefficient (Wildman–Crippen LogP) is 4.53.